The molecule has 0 aliphatic carbocycles. The first-order valence-electron chi connectivity index (χ1n) is 7.05. The summed E-state index contributed by atoms with van der Waals surface area (Å²) >= 11 is 3.60. The zero-order valence-electron chi connectivity index (χ0n) is 13.1. The van der Waals surface area contributed by atoms with E-state index in [4.69, 9.17) is 4.74 Å². The van der Waals surface area contributed by atoms with E-state index in [1.807, 2.05) is 0 Å². The van der Waals surface area contributed by atoms with Crippen molar-refractivity contribution in [2.45, 2.75) is 47.5 Å². The topological polar surface area (TPSA) is 9.23 Å². The van der Waals surface area contributed by atoms with Gasteiger partial charge in [-0.3, -0.25) is 0 Å². The molecule has 108 valence electrons. The highest BCUT2D eigenvalue weighted by Gasteiger charge is 2.24. The molecular formula is C17H27BrO. The average molecular weight is 327 g/mol. The molecule has 0 aromatic heterocycles. The smallest absolute Gasteiger partial charge is 0.122 e. The van der Waals surface area contributed by atoms with Gasteiger partial charge in [0.2, 0.25) is 0 Å². The largest absolute Gasteiger partial charge is 0.493 e. The van der Waals surface area contributed by atoms with Crippen LogP contribution in [-0.4, -0.2) is 11.9 Å². The van der Waals surface area contributed by atoms with Gasteiger partial charge in [-0.2, -0.15) is 0 Å². The summed E-state index contributed by atoms with van der Waals surface area (Å²) < 4.78 is 6.08. The molecule has 0 fully saturated rings. The normalized spacial score (nSPS) is 13.7. The molecule has 0 aliphatic rings. The fourth-order valence-corrected chi connectivity index (χ4v) is 3.01. The lowest BCUT2D eigenvalue weighted by molar-refractivity contribution is 0.165. The Labute approximate surface area is 126 Å². The fraction of sp³-hybridized carbons (Fsp3) is 0.647. The lowest BCUT2D eigenvalue weighted by Gasteiger charge is -2.29. The highest BCUT2D eigenvalue weighted by molar-refractivity contribution is 9.09. The van der Waals surface area contributed by atoms with Crippen molar-refractivity contribution in [2.24, 2.45) is 11.3 Å². The predicted octanol–water partition coefficient (Wildman–Crippen LogP) is 5.55. The summed E-state index contributed by atoms with van der Waals surface area (Å²) in [5.74, 6) is 2.08. The molecule has 0 saturated heterocycles. The summed E-state index contributed by atoms with van der Waals surface area (Å²) in [7, 11) is 0. The Kier molecular flexibility index (Phi) is 5.91. The van der Waals surface area contributed by atoms with Crippen LogP contribution < -0.4 is 4.74 Å². The average Bonchev–Trinajstić information content (AvgIpc) is 2.30. The number of hydrogen-bond donors (Lipinski definition) is 0. The van der Waals surface area contributed by atoms with Crippen LogP contribution in [0.1, 0.15) is 51.7 Å². The molecule has 1 nitrogen and oxygen atoms in total. The number of benzene rings is 1. The highest BCUT2D eigenvalue weighted by Crippen LogP contribution is 2.30. The molecule has 2 heteroatoms. The quantitative estimate of drug-likeness (QED) is 0.644. The van der Waals surface area contributed by atoms with Crippen molar-refractivity contribution in [1.29, 1.82) is 0 Å². The Bertz CT molecular complexity index is 404. The van der Waals surface area contributed by atoms with Crippen molar-refractivity contribution in [2.75, 3.05) is 11.9 Å². The molecule has 1 aromatic rings. The minimum Gasteiger partial charge on any atom is -0.493 e. The van der Waals surface area contributed by atoms with Gasteiger partial charge in [-0.05, 0) is 35.4 Å². The summed E-state index contributed by atoms with van der Waals surface area (Å²) in [6, 6.07) is 6.54. The first-order chi connectivity index (χ1) is 8.75. The molecule has 1 rings (SSSR count). The van der Waals surface area contributed by atoms with Crippen LogP contribution in [0.4, 0.5) is 0 Å². The number of ether oxygens (including phenoxy) is 1. The Morgan fingerprint density at radius 2 is 1.84 bits per heavy atom. The number of rotatable bonds is 5. The molecule has 0 heterocycles. The van der Waals surface area contributed by atoms with E-state index >= 15 is 0 Å². The Morgan fingerprint density at radius 1 is 1.21 bits per heavy atom. The van der Waals surface area contributed by atoms with Crippen molar-refractivity contribution in [1.82, 2.24) is 0 Å². The molecule has 0 bridgehead atoms. The molecule has 0 N–H and O–H groups in total. The van der Waals surface area contributed by atoms with Crippen LogP contribution in [0.3, 0.4) is 0 Å². The molecule has 19 heavy (non-hydrogen) atoms. The molecule has 0 saturated carbocycles. The molecular weight excluding hydrogens is 300 g/mol. The molecule has 0 aliphatic heterocycles. The predicted molar refractivity (Wildman–Crippen MR) is 87.5 cm³/mol. The summed E-state index contributed by atoms with van der Waals surface area (Å²) in [5, 5.41) is 0.972. The van der Waals surface area contributed by atoms with Gasteiger partial charge in [-0.1, -0.05) is 62.7 Å². The third-order valence-electron chi connectivity index (χ3n) is 3.73. The summed E-state index contributed by atoms with van der Waals surface area (Å²) in [4.78, 5) is 0. The number of alkyl halides is 1. The van der Waals surface area contributed by atoms with Crippen molar-refractivity contribution in [3.8, 4) is 5.75 Å². The van der Waals surface area contributed by atoms with Gasteiger partial charge in [0, 0.05) is 11.2 Å². The second kappa shape index (κ2) is 6.78. The number of aryl methyl sites for hydroxylation is 1. The second-order valence-electron chi connectivity index (χ2n) is 6.71. The van der Waals surface area contributed by atoms with E-state index in [1.165, 1.54) is 11.1 Å². The van der Waals surface area contributed by atoms with Crippen LogP contribution in [0, 0.1) is 18.3 Å². The maximum atomic E-state index is 6.08. The van der Waals surface area contributed by atoms with Crippen LogP contribution in [-0.2, 0) is 0 Å². The van der Waals surface area contributed by atoms with Crippen molar-refractivity contribution < 1.29 is 4.74 Å². The Hall–Kier alpha value is -0.500. The van der Waals surface area contributed by atoms with Crippen molar-refractivity contribution in [3.63, 3.8) is 0 Å². The lowest BCUT2D eigenvalue weighted by Crippen LogP contribution is -2.28. The van der Waals surface area contributed by atoms with Gasteiger partial charge in [0.1, 0.15) is 5.75 Å². The SMILES string of the molecule is Cc1ccc(C(C)C)cc1OCC(CBr)C(C)(C)C. The Morgan fingerprint density at radius 3 is 2.32 bits per heavy atom. The monoisotopic (exact) mass is 326 g/mol. The van der Waals surface area contributed by atoms with E-state index in [0.717, 1.165) is 17.7 Å². The third-order valence-corrected chi connectivity index (χ3v) is 4.51. The van der Waals surface area contributed by atoms with Crippen LogP contribution in [0.2, 0.25) is 0 Å². The molecule has 0 radical (unpaired) electrons. The molecule has 1 aromatic carbocycles. The van der Waals surface area contributed by atoms with E-state index in [-0.39, 0.29) is 5.41 Å². The third kappa shape index (κ3) is 4.83. The maximum absolute atomic E-state index is 6.08. The van der Waals surface area contributed by atoms with E-state index in [1.54, 1.807) is 0 Å². The minimum atomic E-state index is 0.257. The Balaban J connectivity index is 2.79. The zero-order chi connectivity index (χ0) is 14.6. The van der Waals surface area contributed by atoms with Crippen LogP contribution in [0.5, 0.6) is 5.75 Å². The first kappa shape index (κ1) is 16.6. The van der Waals surface area contributed by atoms with Gasteiger partial charge in [0.15, 0.2) is 0 Å². The van der Waals surface area contributed by atoms with E-state index in [9.17, 15) is 0 Å². The maximum Gasteiger partial charge on any atom is 0.122 e. The minimum absolute atomic E-state index is 0.257. The molecule has 1 unspecified atom stereocenters. The van der Waals surface area contributed by atoms with Crippen LogP contribution in [0.25, 0.3) is 0 Å². The standard InChI is InChI=1S/C17H27BrO/c1-12(2)14-8-7-13(3)16(9-14)19-11-15(10-18)17(4,5)6/h7-9,12,15H,10-11H2,1-6H3. The van der Waals surface area contributed by atoms with Gasteiger partial charge in [-0.25, -0.2) is 0 Å². The second-order valence-corrected chi connectivity index (χ2v) is 7.36. The molecule has 0 spiro atoms. The van der Waals surface area contributed by atoms with Crippen LogP contribution >= 0.6 is 15.9 Å². The summed E-state index contributed by atoms with van der Waals surface area (Å²) in [6.07, 6.45) is 0. The van der Waals surface area contributed by atoms with Crippen molar-refractivity contribution in [3.05, 3.63) is 29.3 Å². The van der Waals surface area contributed by atoms with Gasteiger partial charge in [0.05, 0.1) is 6.61 Å². The van der Waals surface area contributed by atoms with E-state index in [0.29, 0.717) is 11.8 Å². The number of halogens is 1. The van der Waals surface area contributed by atoms with Gasteiger partial charge in [-0.15, -0.1) is 0 Å². The van der Waals surface area contributed by atoms with Crippen LogP contribution in [0.15, 0.2) is 18.2 Å². The molecule has 0 amide bonds. The summed E-state index contributed by atoms with van der Waals surface area (Å²) in [6.45, 7) is 14.1. The highest BCUT2D eigenvalue weighted by atomic mass is 79.9. The number of hydrogen-bond acceptors (Lipinski definition) is 1. The van der Waals surface area contributed by atoms with Crippen molar-refractivity contribution >= 4 is 15.9 Å². The van der Waals surface area contributed by atoms with E-state index < -0.39 is 0 Å². The van der Waals surface area contributed by atoms with Gasteiger partial charge in [0.25, 0.3) is 0 Å². The van der Waals surface area contributed by atoms with E-state index in [2.05, 4.69) is 75.7 Å². The fourth-order valence-electron chi connectivity index (χ4n) is 1.85. The van der Waals surface area contributed by atoms with Gasteiger partial charge < -0.3 is 4.74 Å². The first-order valence-corrected chi connectivity index (χ1v) is 8.17. The van der Waals surface area contributed by atoms with Gasteiger partial charge >= 0.3 is 0 Å². The lowest BCUT2D eigenvalue weighted by atomic mass is 9.83. The zero-order valence-corrected chi connectivity index (χ0v) is 14.7. The molecule has 1 atom stereocenters. The summed E-state index contributed by atoms with van der Waals surface area (Å²) in [5.41, 5.74) is 2.81.